The predicted octanol–water partition coefficient (Wildman–Crippen LogP) is 1.03. The maximum atomic E-state index is 13.8. The molecule has 0 radical (unpaired) electrons. The van der Waals surface area contributed by atoms with E-state index < -0.39 is 107 Å². The number of aliphatic hydroxyl groups is 2. The van der Waals surface area contributed by atoms with Crippen molar-refractivity contribution in [3.05, 3.63) is 51.6 Å². The third kappa shape index (κ3) is 3.81. The summed E-state index contributed by atoms with van der Waals surface area (Å²) in [5.41, 5.74) is 1.76. The lowest BCUT2D eigenvalue weighted by Gasteiger charge is -2.42. The highest BCUT2D eigenvalue weighted by molar-refractivity contribution is 6.31. The van der Waals surface area contributed by atoms with Crippen LogP contribution in [-0.4, -0.2) is 75.0 Å². The van der Waals surface area contributed by atoms with Crippen LogP contribution in [0.1, 0.15) is 79.9 Å². The summed E-state index contributed by atoms with van der Waals surface area (Å²) in [7, 11) is -2.96. The summed E-state index contributed by atoms with van der Waals surface area (Å²) >= 11 is 0. The number of ketones is 3. The van der Waals surface area contributed by atoms with E-state index in [1.165, 1.54) is 18.2 Å². The van der Waals surface area contributed by atoms with Gasteiger partial charge < -0.3 is 40.4 Å². The molecule has 0 amide bonds. The number of aliphatic hydroxyl groups excluding tert-OH is 1. The second-order valence-corrected chi connectivity index (χ2v) is 10.0. The van der Waals surface area contributed by atoms with Gasteiger partial charge in [-0.2, -0.15) is 0 Å². The zero-order valence-corrected chi connectivity index (χ0v) is 20.6. The van der Waals surface area contributed by atoms with Crippen LogP contribution in [0, 0.1) is 0 Å². The van der Waals surface area contributed by atoms with Crippen molar-refractivity contribution in [2.75, 3.05) is 7.04 Å². The minimum Gasteiger partial charge on any atom is -0.507 e. The Hall–Kier alpha value is -3.35. The van der Waals surface area contributed by atoms with Crippen LogP contribution in [0.25, 0.3) is 0 Å². The highest BCUT2D eigenvalue weighted by Gasteiger charge is 2.49. The summed E-state index contributed by atoms with van der Waals surface area (Å²) in [6, 6.07) is 3.00. The summed E-state index contributed by atoms with van der Waals surface area (Å²) in [6.07, 6.45) is -5.01. The second-order valence-electron chi connectivity index (χ2n) is 10.0. The Morgan fingerprint density at radius 2 is 1.89 bits per heavy atom. The van der Waals surface area contributed by atoms with Crippen LogP contribution in [0.3, 0.4) is 0 Å². The van der Waals surface area contributed by atoms with E-state index in [4.69, 9.17) is 24.1 Å². The molecule has 2 aromatic rings. The SMILES string of the molecule is [2H]C([2H])([2H])Oc1cccc2c1C(=O)c1c(O)c3c(c(O)c1C2=O)C[C@@](O)(C(C)=O)C[C@@H]3O[C@H]1C[C@H](N)[C@H](O)[C@H](C)O1. The Kier molecular flexibility index (Phi) is 5.44. The molecule has 0 bridgehead atoms. The van der Waals surface area contributed by atoms with Crippen LogP contribution in [0.5, 0.6) is 17.2 Å². The number of phenolic OH excluding ortho intramolecular Hbond substituents is 2. The molecule has 0 aromatic heterocycles. The largest absolute Gasteiger partial charge is 0.507 e. The number of rotatable bonds is 4. The van der Waals surface area contributed by atoms with Gasteiger partial charge in [-0.25, -0.2) is 0 Å². The van der Waals surface area contributed by atoms with Crippen molar-refractivity contribution in [1.82, 2.24) is 0 Å². The lowest BCUT2D eigenvalue weighted by molar-refractivity contribution is -0.247. The fourth-order valence-corrected chi connectivity index (χ4v) is 5.57. The lowest BCUT2D eigenvalue weighted by atomic mass is 9.72. The summed E-state index contributed by atoms with van der Waals surface area (Å²) in [4.78, 5) is 39.9. The quantitative estimate of drug-likeness (QED) is 0.303. The standard InChI is InChI=1S/C27H29NO10/c1-10-22(30)14(28)7-17(37-10)38-16-9-27(35,11(2)29)8-13-19(16)26(34)21-20(24(13)32)23(31)12-5-4-6-15(36-3)18(12)25(21)33/h4-6,10,14,16-17,22,30,32,34-35H,7-9,28H2,1-3H3/t10-,14-,16-,17-,22+,27-/m0/s1/i3D3. The van der Waals surface area contributed by atoms with E-state index >= 15 is 0 Å². The van der Waals surface area contributed by atoms with Crippen molar-refractivity contribution in [3.8, 4) is 17.2 Å². The van der Waals surface area contributed by atoms with Gasteiger partial charge in [0, 0.05) is 42.0 Å². The van der Waals surface area contributed by atoms with Gasteiger partial charge in [-0.15, -0.1) is 0 Å². The Bertz CT molecular complexity index is 1460. The summed E-state index contributed by atoms with van der Waals surface area (Å²) in [5, 5.41) is 44.2. The van der Waals surface area contributed by atoms with Crippen LogP contribution in [0.4, 0.5) is 0 Å². The first kappa shape index (κ1) is 22.6. The molecule has 1 fully saturated rings. The van der Waals surface area contributed by atoms with E-state index in [1.807, 2.05) is 0 Å². The van der Waals surface area contributed by atoms with E-state index in [0.717, 1.165) is 6.92 Å². The average molecular weight is 531 g/mol. The van der Waals surface area contributed by atoms with E-state index in [0.29, 0.717) is 0 Å². The first-order chi connectivity index (χ1) is 19.0. The average Bonchev–Trinajstić information content (AvgIpc) is 2.86. The molecule has 11 nitrogen and oxygen atoms in total. The molecule has 2 aromatic carbocycles. The minimum absolute atomic E-state index is 0.00807. The normalized spacial score (nSPS) is 31.8. The molecule has 2 aliphatic carbocycles. The number of hydrogen-bond acceptors (Lipinski definition) is 11. The van der Waals surface area contributed by atoms with Crippen molar-refractivity contribution >= 4 is 17.3 Å². The van der Waals surface area contributed by atoms with Crippen LogP contribution >= 0.6 is 0 Å². The number of aromatic hydroxyl groups is 2. The van der Waals surface area contributed by atoms with E-state index in [9.17, 15) is 34.8 Å². The monoisotopic (exact) mass is 530 g/mol. The fraction of sp³-hybridized carbons (Fsp3) is 0.444. The number of ether oxygens (including phenoxy) is 3. The molecule has 3 aliphatic rings. The maximum Gasteiger partial charge on any atom is 0.202 e. The number of Topliss-reactive ketones (excluding diaryl/α,β-unsaturated/α-hetero) is 1. The minimum atomic E-state index is -2.96. The molecule has 0 spiro atoms. The van der Waals surface area contributed by atoms with Crippen LogP contribution < -0.4 is 10.5 Å². The molecule has 38 heavy (non-hydrogen) atoms. The third-order valence-corrected chi connectivity index (χ3v) is 7.69. The number of carbonyl (C=O) groups excluding carboxylic acids is 3. The Balaban J connectivity index is 1.68. The number of fused-ring (bicyclic) bond motifs is 3. The molecular weight excluding hydrogens is 498 g/mol. The van der Waals surface area contributed by atoms with Gasteiger partial charge in [0.2, 0.25) is 5.78 Å². The molecule has 5 rings (SSSR count). The van der Waals surface area contributed by atoms with Crippen molar-refractivity contribution in [2.45, 2.75) is 69.4 Å². The lowest BCUT2D eigenvalue weighted by Crippen LogP contribution is -2.52. The molecule has 0 unspecified atom stereocenters. The van der Waals surface area contributed by atoms with Gasteiger partial charge in [-0.1, -0.05) is 12.1 Å². The number of methoxy groups -OCH3 is 1. The van der Waals surface area contributed by atoms with Crippen molar-refractivity contribution < 1.29 is 53.1 Å². The topological polar surface area (TPSA) is 186 Å². The van der Waals surface area contributed by atoms with E-state index in [1.54, 1.807) is 6.92 Å². The summed E-state index contributed by atoms with van der Waals surface area (Å²) in [6.45, 7) is 2.71. The van der Waals surface area contributed by atoms with Gasteiger partial charge in [0.15, 0.2) is 17.9 Å². The number of hydrogen-bond donors (Lipinski definition) is 5. The van der Waals surface area contributed by atoms with Crippen molar-refractivity contribution in [1.29, 1.82) is 0 Å². The Labute approximate surface area is 222 Å². The Morgan fingerprint density at radius 3 is 2.55 bits per heavy atom. The third-order valence-electron chi connectivity index (χ3n) is 7.69. The van der Waals surface area contributed by atoms with E-state index in [-0.39, 0.29) is 23.1 Å². The van der Waals surface area contributed by atoms with Gasteiger partial charge in [-0.3, -0.25) is 14.4 Å². The predicted molar refractivity (Wildman–Crippen MR) is 130 cm³/mol. The summed E-state index contributed by atoms with van der Waals surface area (Å²) < 4.78 is 39.0. The molecule has 202 valence electrons. The van der Waals surface area contributed by atoms with Crippen LogP contribution in [-0.2, 0) is 20.7 Å². The first-order valence-corrected chi connectivity index (χ1v) is 12.0. The molecule has 1 saturated heterocycles. The number of phenols is 2. The molecule has 1 heterocycles. The highest BCUT2D eigenvalue weighted by atomic mass is 16.7. The zero-order valence-electron chi connectivity index (χ0n) is 23.6. The first-order valence-electron chi connectivity index (χ1n) is 13.5. The number of nitrogens with two attached hydrogens (primary N) is 1. The Morgan fingerprint density at radius 1 is 1.18 bits per heavy atom. The molecular formula is C27H29NO10. The molecule has 0 saturated carbocycles. The molecule has 6 N–H and O–H groups in total. The van der Waals surface area contributed by atoms with Gasteiger partial charge >= 0.3 is 0 Å². The summed E-state index contributed by atoms with van der Waals surface area (Å²) in [5.74, 6) is -4.46. The van der Waals surface area contributed by atoms with Crippen molar-refractivity contribution in [3.63, 3.8) is 0 Å². The molecule has 1 aliphatic heterocycles. The van der Waals surface area contributed by atoms with Gasteiger partial charge in [0.1, 0.15) is 22.8 Å². The van der Waals surface area contributed by atoms with Crippen LogP contribution in [0.15, 0.2) is 18.2 Å². The van der Waals surface area contributed by atoms with Gasteiger partial charge in [-0.05, 0) is 19.9 Å². The zero-order chi connectivity index (χ0) is 30.2. The van der Waals surface area contributed by atoms with E-state index in [2.05, 4.69) is 0 Å². The van der Waals surface area contributed by atoms with Gasteiger partial charge in [0.25, 0.3) is 0 Å². The maximum absolute atomic E-state index is 13.8. The molecule has 6 atom stereocenters. The van der Waals surface area contributed by atoms with Crippen LogP contribution in [0.2, 0.25) is 0 Å². The fourth-order valence-electron chi connectivity index (χ4n) is 5.57. The number of benzene rings is 2. The molecule has 11 heteroatoms. The smallest absolute Gasteiger partial charge is 0.202 e. The second kappa shape index (κ2) is 9.14. The van der Waals surface area contributed by atoms with Gasteiger partial charge in [0.05, 0.1) is 46.2 Å². The van der Waals surface area contributed by atoms with Crippen molar-refractivity contribution in [2.24, 2.45) is 5.73 Å². The number of carbonyl (C=O) groups is 3. The highest BCUT2D eigenvalue weighted by Crippen LogP contribution is 2.52.